The fourth-order valence-corrected chi connectivity index (χ4v) is 2.48. The van der Waals surface area contributed by atoms with Gasteiger partial charge < -0.3 is 14.5 Å². The molecule has 0 aliphatic carbocycles. The maximum Gasteiger partial charge on any atom is 0.320 e. The first-order valence-corrected chi connectivity index (χ1v) is 6.86. The molecule has 102 valence electrons. The van der Waals surface area contributed by atoms with Crippen LogP contribution in [0.5, 0.6) is 0 Å². The molecule has 2 aliphatic rings. The van der Waals surface area contributed by atoms with Gasteiger partial charge in [0, 0.05) is 24.7 Å². The molecule has 3 rings (SSSR count). The zero-order valence-electron chi connectivity index (χ0n) is 10.9. The molecular formula is C14H17ClN2O2. The van der Waals surface area contributed by atoms with Crippen molar-refractivity contribution >= 4 is 17.6 Å². The summed E-state index contributed by atoms with van der Waals surface area (Å²) in [5.41, 5.74) is 1.000. The molecule has 0 spiro atoms. The lowest BCUT2D eigenvalue weighted by molar-refractivity contribution is 0.177. The van der Waals surface area contributed by atoms with E-state index >= 15 is 0 Å². The molecule has 2 saturated heterocycles. The predicted octanol–water partition coefficient (Wildman–Crippen LogP) is 2.37. The van der Waals surface area contributed by atoms with Gasteiger partial charge in [-0.1, -0.05) is 23.7 Å². The lowest BCUT2D eigenvalue weighted by atomic mass is 10.2. The smallest absolute Gasteiger partial charge is 0.320 e. The molecule has 2 heterocycles. The summed E-state index contributed by atoms with van der Waals surface area (Å²) in [4.78, 5) is 16.0. The average Bonchev–Trinajstić information content (AvgIpc) is 3.03. The van der Waals surface area contributed by atoms with E-state index in [4.69, 9.17) is 16.3 Å². The van der Waals surface area contributed by atoms with Crippen molar-refractivity contribution in [3.63, 3.8) is 0 Å². The maximum absolute atomic E-state index is 12.3. The summed E-state index contributed by atoms with van der Waals surface area (Å²) in [7, 11) is 0. The standard InChI is InChI=1S/C14H17ClN2O2/c1-14(10-19-14)9-17-7-6-16(13(17)18)8-11-2-4-12(15)5-3-11/h2-5H,6-10H2,1H3. The highest BCUT2D eigenvalue weighted by atomic mass is 35.5. The van der Waals surface area contributed by atoms with E-state index in [1.54, 1.807) is 0 Å². The van der Waals surface area contributed by atoms with Gasteiger partial charge in [0.2, 0.25) is 0 Å². The topological polar surface area (TPSA) is 36.1 Å². The van der Waals surface area contributed by atoms with Gasteiger partial charge in [-0.25, -0.2) is 4.79 Å². The predicted molar refractivity (Wildman–Crippen MR) is 73.2 cm³/mol. The summed E-state index contributed by atoms with van der Waals surface area (Å²) >= 11 is 5.86. The number of amides is 2. The highest BCUT2D eigenvalue weighted by molar-refractivity contribution is 6.30. The third-order valence-electron chi connectivity index (χ3n) is 3.63. The number of epoxide rings is 1. The summed E-state index contributed by atoms with van der Waals surface area (Å²) < 4.78 is 5.35. The molecule has 4 nitrogen and oxygen atoms in total. The minimum Gasteiger partial charge on any atom is -0.368 e. The molecule has 1 unspecified atom stereocenters. The SMILES string of the molecule is CC1(CN2CCN(Cc3ccc(Cl)cc3)C2=O)CO1. The van der Waals surface area contributed by atoms with Crippen molar-refractivity contribution in [2.45, 2.75) is 19.1 Å². The van der Waals surface area contributed by atoms with E-state index in [0.717, 1.165) is 30.3 Å². The summed E-state index contributed by atoms with van der Waals surface area (Å²) in [5, 5.41) is 0.719. The molecule has 1 atom stereocenters. The zero-order chi connectivity index (χ0) is 13.5. The van der Waals surface area contributed by atoms with Crippen molar-refractivity contribution < 1.29 is 9.53 Å². The molecule has 0 radical (unpaired) electrons. The van der Waals surface area contributed by atoms with Crippen LogP contribution in [0.25, 0.3) is 0 Å². The molecule has 1 aromatic carbocycles. The molecule has 0 bridgehead atoms. The zero-order valence-corrected chi connectivity index (χ0v) is 11.7. The Hall–Kier alpha value is -1.26. The van der Waals surface area contributed by atoms with Gasteiger partial charge in [-0.15, -0.1) is 0 Å². The Morgan fingerprint density at radius 1 is 1.26 bits per heavy atom. The molecule has 0 saturated carbocycles. The number of halogens is 1. The second-order valence-electron chi connectivity index (χ2n) is 5.49. The van der Waals surface area contributed by atoms with Crippen LogP contribution in [-0.2, 0) is 11.3 Å². The molecule has 19 heavy (non-hydrogen) atoms. The Balaban J connectivity index is 1.60. The van der Waals surface area contributed by atoms with Crippen LogP contribution in [0, 0.1) is 0 Å². The summed E-state index contributed by atoms with van der Waals surface area (Å²) in [5.74, 6) is 0. The van der Waals surface area contributed by atoms with Gasteiger partial charge in [-0.05, 0) is 24.6 Å². The van der Waals surface area contributed by atoms with Gasteiger partial charge in [0.25, 0.3) is 0 Å². The van der Waals surface area contributed by atoms with Crippen molar-refractivity contribution in [1.82, 2.24) is 9.80 Å². The van der Waals surface area contributed by atoms with Crippen LogP contribution in [-0.4, -0.2) is 47.7 Å². The Bertz CT molecular complexity index is 485. The maximum atomic E-state index is 12.3. The first kappa shape index (κ1) is 12.8. The van der Waals surface area contributed by atoms with Gasteiger partial charge in [0.15, 0.2) is 0 Å². The number of benzene rings is 1. The Morgan fingerprint density at radius 2 is 1.89 bits per heavy atom. The second kappa shape index (κ2) is 4.69. The lowest BCUT2D eigenvalue weighted by Crippen LogP contribution is -2.37. The van der Waals surface area contributed by atoms with Gasteiger partial charge in [-0.3, -0.25) is 0 Å². The van der Waals surface area contributed by atoms with E-state index in [1.165, 1.54) is 0 Å². The van der Waals surface area contributed by atoms with E-state index in [9.17, 15) is 4.79 Å². The van der Waals surface area contributed by atoms with Crippen molar-refractivity contribution in [1.29, 1.82) is 0 Å². The summed E-state index contributed by atoms with van der Waals surface area (Å²) in [6, 6.07) is 7.74. The van der Waals surface area contributed by atoms with E-state index in [2.05, 4.69) is 0 Å². The molecule has 0 aromatic heterocycles. The molecule has 5 heteroatoms. The number of carbonyl (C=O) groups is 1. The fourth-order valence-electron chi connectivity index (χ4n) is 2.35. The monoisotopic (exact) mass is 280 g/mol. The van der Waals surface area contributed by atoms with Crippen molar-refractivity contribution in [2.75, 3.05) is 26.2 Å². The first-order chi connectivity index (χ1) is 9.06. The number of rotatable bonds is 4. The minimum atomic E-state index is -0.105. The largest absolute Gasteiger partial charge is 0.368 e. The van der Waals surface area contributed by atoms with Crippen LogP contribution >= 0.6 is 11.6 Å². The van der Waals surface area contributed by atoms with Crippen LogP contribution < -0.4 is 0 Å². The van der Waals surface area contributed by atoms with Gasteiger partial charge in [0.05, 0.1) is 13.2 Å². The number of hydrogen-bond acceptors (Lipinski definition) is 2. The van der Waals surface area contributed by atoms with Crippen LogP contribution in [0.2, 0.25) is 5.02 Å². The third kappa shape index (κ3) is 2.85. The summed E-state index contributed by atoms with van der Waals surface area (Å²) in [6.45, 7) is 5.70. The van der Waals surface area contributed by atoms with Gasteiger partial charge in [-0.2, -0.15) is 0 Å². The third-order valence-corrected chi connectivity index (χ3v) is 3.88. The van der Waals surface area contributed by atoms with Crippen molar-refractivity contribution in [2.24, 2.45) is 0 Å². The highest BCUT2D eigenvalue weighted by Crippen LogP contribution is 2.28. The quantitative estimate of drug-likeness (QED) is 0.794. The average molecular weight is 281 g/mol. The number of ether oxygens (including phenoxy) is 1. The molecule has 0 N–H and O–H groups in total. The number of hydrogen-bond donors (Lipinski definition) is 0. The van der Waals surface area contributed by atoms with E-state index in [0.29, 0.717) is 13.1 Å². The van der Waals surface area contributed by atoms with Crippen LogP contribution in [0.15, 0.2) is 24.3 Å². The number of urea groups is 1. The molecule has 2 amide bonds. The molecule has 2 aliphatic heterocycles. The van der Waals surface area contributed by atoms with Crippen LogP contribution in [0.4, 0.5) is 4.79 Å². The minimum absolute atomic E-state index is 0.103. The molecule has 2 fully saturated rings. The number of carbonyl (C=O) groups excluding carboxylic acids is 1. The van der Waals surface area contributed by atoms with Gasteiger partial charge in [0.1, 0.15) is 5.60 Å². The Labute approximate surface area is 117 Å². The lowest BCUT2D eigenvalue weighted by Gasteiger charge is -2.20. The van der Waals surface area contributed by atoms with E-state index in [1.807, 2.05) is 41.0 Å². The first-order valence-electron chi connectivity index (χ1n) is 6.48. The Kier molecular flexibility index (Phi) is 3.15. The fraction of sp³-hybridized carbons (Fsp3) is 0.500. The van der Waals surface area contributed by atoms with E-state index in [-0.39, 0.29) is 11.6 Å². The highest BCUT2D eigenvalue weighted by Gasteiger charge is 2.43. The van der Waals surface area contributed by atoms with Crippen molar-refractivity contribution in [3.05, 3.63) is 34.9 Å². The summed E-state index contributed by atoms with van der Waals surface area (Å²) in [6.07, 6.45) is 0. The van der Waals surface area contributed by atoms with E-state index < -0.39 is 0 Å². The molecule has 1 aromatic rings. The van der Waals surface area contributed by atoms with Crippen LogP contribution in [0.3, 0.4) is 0 Å². The number of nitrogens with zero attached hydrogens (tertiary/aromatic N) is 2. The normalized spacial score (nSPS) is 26.1. The molecular weight excluding hydrogens is 264 g/mol. The Morgan fingerprint density at radius 3 is 2.53 bits per heavy atom. The van der Waals surface area contributed by atoms with Crippen molar-refractivity contribution in [3.8, 4) is 0 Å². The van der Waals surface area contributed by atoms with Crippen LogP contribution in [0.1, 0.15) is 12.5 Å². The van der Waals surface area contributed by atoms with Gasteiger partial charge >= 0.3 is 6.03 Å². The second-order valence-corrected chi connectivity index (χ2v) is 5.93.